The van der Waals surface area contributed by atoms with Crippen LogP contribution >= 0.6 is 11.6 Å². The first-order valence-corrected chi connectivity index (χ1v) is 9.05. The quantitative estimate of drug-likeness (QED) is 0.456. The van der Waals surface area contributed by atoms with Crippen molar-refractivity contribution in [2.75, 3.05) is 6.61 Å². The highest BCUT2D eigenvalue weighted by atomic mass is 35.5. The van der Waals surface area contributed by atoms with Crippen LogP contribution in [0.2, 0.25) is 5.02 Å². The average molecular weight is 452 g/mol. The van der Waals surface area contributed by atoms with Gasteiger partial charge in [0, 0.05) is 16.6 Å². The molecule has 4 nitrogen and oxygen atoms in total. The van der Waals surface area contributed by atoms with Gasteiger partial charge < -0.3 is 4.74 Å². The van der Waals surface area contributed by atoms with E-state index in [1.54, 1.807) is 38.1 Å². The zero-order valence-electron chi connectivity index (χ0n) is 15.8. The molecule has 11 heteroatoms. The zero-order chi connectivity index (χ0) is 22.3. The van der Waals surface area contributed by atoms with Crippen LogP contribution in [0.5, 0.6) is 5.75 Å². The molecule has 3 rings (SSSR count). The highest BCUT2D eigenvalue weighted by Gasteiger charge is 2.40. The molecule has 3 aromatic rings. The van der Waals surface area contributed by atoms with Gasteiger partial charge in [-0.3, -0.25) is 4.40 Å². The second-order valence-electron chi connectivity index (χ2n) is 7.33. The summed E-state index contributed by atoms with van der Waals surface area (Å²) in [4.78, 5) is 0. The minimum absolute atomic E-state index is 0.128. The minimum atomic E-state index is -4.91. The van der Waals surface area contributed by atoms with Crippen molar-refractivity contribution in [1.82, 2.24) is 14.6 Å². The maximum atomic E-state index is 13.7. The van der Waals surface area contributed by atoms with Gasteiger partial charge in [0.1, 0.15) is 23.6 Å². The number of ether oxygens (including phenoxy) is 1. The van der Waals surface area contributed by atoms with Gasteiger partial charge in [0.25, 0.3) is 0 Å². The summed E-state index contributed by atoms with van der Waals surface area (Å²) in [5.74, 6) is -1.18. The van der Waals surface area contributed by atoms with E-state index in [4.69, 9.17) is 16.3 Å². The highest BCUT2D eigenvalue weighted by Crippen LogP contribution is 2.40. The molecule has 0 bridgehead atoms. The number of alkyl halides is 6. The number of halogens is 7. The molecule has 1 aromatic carbocycles. The summed E-state index contributed by atoms with van der Waals surface area (Å²) in [5, 5.41) is 7.14. The molecule has 0 aliphatic rings. The number of pyridine rings is 1. The van der Waals surface area contributed by atoms with Gasteiger partial charge in [0.05, 0.1) is 6.61 Å². The lowest BCUT2D eigenvalue weighted by Crippen LogP contribution is -2.27. The zero-order valence-corrected chi connectivity index (χ0v) is 16.5. The third-order valence-electron chi connectivity index (χ3n) is 4.47. The molecule has 0 saturated heterocycles. The SMILES string of the molecule is CC(C)(COc1ccn2c(CC(F)(F)F)nnc2c1C(F)(F)F)c1ccc(Cl)cc1. The molecule has 2 heterocycles. The summed E-state index contributed by atoms with van der Waals surface area (Å²) in [6.45, 7) is 3.43. The summed E-state index contributed by atoms with van der Waals surface area (Å²) in [5.41, 5.74) is -1.91. The van der Waals surface area contributed by atoms with Gasteiger partial charge in [-0.25, -0.2) is 0 Å². The van der Waals surface area contributed by atoms with Crippen LogP contribution in [0.1, 0.15) is 30.8 Å². The lowest BCUT2D eigenvalue weighted by molar-refractivity contribution is -0.138. The number of hydrogen-bond donors (Lipinski definition) is 0. The van der Waals surface area contributed by atoms with E-state index in [9.17, 15) is 26.3 Å². The molecule has 0 spiro atoms. The summed E-state index contributed by atoms with van der Waals surface area (Å²) in [6.07, 6.45) is -10.0. The summed E-state index contributed by atoms with van der Waals surface area (Å²) >= 11 is 5.86. The molecule has 0 saturated carbocycles. The van der Waals surface area contributed by atoms with E-state index in [-0.39, 0.29) is 6.61 Å². The molecule has 0 aliphatic heterocycles. The molecule has 0 N–H and O–H groups in total. The fraction of sp³-hybridized carbons (Fsp3) is 0.368. The van der Waals surface area contributed by atoms with Crippen LogP contribution in [0.15, 0.2) is 36.5 Å². The van der Waals surface area contributed by atoms with Crippen LogP contribution in [0.25, 0.3) is 5.65 Å². The molecular weight excluding hydrogens is 436 g/mol. The van der Waals surface area contributed by atoms with Gasteiger partial charge in [-0.1, -0.05) is 37.6 Å². The molecule has 0 fully saturated rings. The van der Waals surface area contributed by atoms with Crippen molar-refractivity contribution >= 4 is 17.2 Å². The molecule has 0 atom stereocenters. The van der Waals surface area contributed by atoms with Crippen molar-refractivity contribution in [1.29, 1.82) is 0 Å². The largest absolute Gasteiger partial charge is 0.492 e. The number of fused-ring (bicyclic) bond motifs is 1. The fourth-order valence-electron chi connectivity index (χ4n) is 2.92. The Kier molecular flexibility index (Phi) is 5.66. The number of hydrogen-bond acceptors (Lipinski definition) is 3. The Bertz CT molecular complexity index is 1040. The monoisotopic (exact) mass is 451 g/mol. The Morgan fingerprint density at radius 3 is 2.17 bits per heavy atom. The van der Waals surface area contributed by atoms with E-state index >= 15 is 0 Å². The van der Waals surface area contributed by atoms with E-state index in [0.29, 0.717) is 9.42 Å². The lowest BCUT2D eigenvalue weighted by Gasteiger charge is -2.26. The van der Waals surface area contributed by atoms with E-state index in [1.807, 2.05) is 0 Å². The predicted octanol–water partition coefficient (Wildman–Crippen LogP) is 5.86. The summed E-state index contributed by atoms with van der Waals surface area (Å²) < 4.78 is 85.3. The predicted molar refractivity (Wildman–Crippen MR) is 97.7 cm³/mol. The van der Waals surface area contributed by atoms with Gasteiger partial charge in [-0.05, 0) is 23.8 Å². The molecule has 2 aromatic heterocycles. The van der Waals surface area contributed by atoms with Crippen molar-refractivity contribution in [3.8, 4) is 5.75 Å². The second kappa shape index (κ2) is 7.64. The van der Waals surface area contributed by atoms with Crippen molar-refractivity contribution < 1.29 is 31.1 Å². The third kappa shape index (κ3) is 4.80. The van der Waals surface area contributed by atoms with Crippen LogP contribution in [-0.2, 0) is 18.0 Å². The smallest absolute Gasteiger partial charge is 0.423 e. The second-order valence-corrected chi connectivity index (χ2v) is 7.77. The minimum Gasteiger partial charge on any atom is -0.492 e. The Morgan fingerprint density at radius 2 is 1.60 bits per heavy atom. The Balaban J connectivity index is 1.96. The maximum absolute atomic E-state index is 13.7. The molecule has 0 aliphatic carbocycles. The summed E-state index contributed by atoms with van der Waals surface area (Å²) in [6, 6.07) is 7.76. The molecule has 0 radical (unpaired) electrons. The number of benzene rings is 1. The summed E-state index contributed by atoms with van der Waals surface area (Å²) in [7, 11) is 0. The highest BCUT2D eigenvalue weighted by molar-refractivity contribution is 6.30. The van der Waals surface area contributed by atoms with Gasteiger partial charge in [0.2, 0.25) is 0 Å². The standard InChI is InChI=1S/C19H16ClF6N3O/c1-17(2,11-3-5-12(20)6-4-11)10-30-13-7-8-29-14(9-18(21,22)23)27-28-16(29)15(13)19(24,25)26/h3-8H,9-10H2,1-2H3. The van der Waals surface area contributed by atoms with Crippen molar-refractivity contribution in [3.63, 3.8) is 0 Å². The Morgan fingerprint density at radius 1 is 0.967 bits per heavy atom. The van der Waals surface area contributed by atoms with Gasteiger partial charge in [-0.2, -0.15) is 26.3 Å². The molecule has 30 heavy (non-hydrogen) atoms. The third-order valence-corrected chi connectivity index (χ3v) is 4.72. The van der Waals surface area contributed by atoms with Crippen LogP contribution in [-0.4, -0.2) is 27.4 Å². The van der Waals surface area contributed by atoms with E-state index in [2.05, 4.69) is 10.2 Å². The lowest BCUT2D eigenvalue weighted by atomic mass is 9.85. The van der Waals surface area contributed by atoms with E-state index in [1.165, 1.54) is 0 Å². The number of nitrogens with zero attached hydrogens (tertiary/aromatic N) is 3. The molecule has 0 amide bonds. The number of rotatable bonds is 5. The first-order chi connectivity index (χ1) is 13.8. The van der Waals surface area contributed by atoms with Crippen LogP contribution in [0, 0.1) is 0 Å². The van der Waals surface area contributed by atoms with Crippen LogP contribution in [0.4, 0.5) is 26.3 Å². The van der Waals surface area contributed by atoms with Crippen LogP contribution < -0.4 is 4.74 Å². The van der Waals surface area contributed by atoms with E-state index < -0.39 is 47.0 Å². The Hall–Kier alpha value is -2.49. The number of aromatic nitrogens is 3. The normalized spacial score (nSPS) is 13.1. The molecular formula is C19H16ClF6N3O. The first kappa shape index (κ1) is 22.2. The average Bonchev–Trinajstić information content (AvgIpc) is 3.00. The van der Waals surface area contributed by atoms with Crippen molar-refractivity contribution in [3.05, 3.63) is 58.5 Å². The molecule has 0 unspecified atom stereocenters. The van der Waals surface area contributed by atoms with Gasteiger partial charge >= 0.3 is 12.4 Å². The maximum Gasteiger partial charge on any atom is 0.423 e. The van der Waals surface area contributed by atoms with Crippen molar-refractivity contribution in [2.45, 2.75) is 38.0 Å². The van der Waals surface area contributed by atoms with Gasteiger partial charge in [0.15, 0.2) is 5.65 Å². The van der Waals surface area contributed by atoms with Gasteiger partial charge in [-0.15, -0.1) is 10.2 Å². The van der Waals surface area contributed by atoms with Crippen LogP contribution in [0.3, 0.4) is 0 Å². The first-order valence-electron chi connectivity index (χ1n) is 8.67. The fourth-order valence-corrected chi connectivity index (χ4v) is 3.04. The topological polar surface area (TPSA) is 39.4 Å². The van der Waals surface area contributed by atoms with Crippen molar-refractivity contribution in [2.24, 2.45) is 0 Å². The molecule has 162 valence electrons. The Labute approximate surface area is 172 Å². The van der Waals surface area contributed by atoms with E-state index in [0.717, 1.165) is 17.8 Å².